The van der Waals surface area contributed by atoms with Crippen LogP contribution in [-0.4, -0.2) is 18.1 Å². The predicted molar refractivity (Wildman–Crippen MR) is 59.6 cm³/mol. The fraction of sp³-hybridized carbons (Fsp3) is 0.364. The lowest BCUT2D eigenvalue weighted by Gasteiger charge is -2.13. The predicted octanol–water partition coefficient (Wildman–Crippen LogP) is 0.990. The van der Waals surface area contributed by atoms with E-state index in [4.69, 9.17) is 5.73 Å². The Morgan fingerprint density at radius 1 is 1.53 bits per heavy atom. The SMILES string of the molecule is CNC(=O)c1cc(C)cc(C(C)O)c1N. The second-order valence-electron chi connectivity index (χ2n) is 3.57. The Hall–Kier alpha value is -1.55. The Bertz CT molecular complexity index is 386. The van der Waals surface area contributed by atoms with Gasteiger partial charge in [-0.25, -0.2) is 0 Å². The number of rotatable bonds is 2. The monoisotopic (exact) mass is 208 g/mol. The maximum atomic E-state index is 11.5. The third kappa shape index (κ3) is 2.27. The molecule has 0 aromatic heterocycles. The molecule has 1 amide bonds. The van der Waals surface area contributed by atoms with Crippen molar-refractivity contribution in [3.63, 3.8) is 0 Å². The molecule has 1 atom stereocenters. The Morgan fingerprint density at radius 3 is 2.60 bits per heavy atom. The van der Waals surface area contributed by atoms with Crippen molar-refractivity contribution in [3.8, 4) is 0 Å². The Labute approximate surface area is 89.1 Å². The summed E-state index contributed by atoms with van der Waals surface area (Å²) in [6.45, 7) is 3.48. The first kappa shape index (κ1) is 11.5. The van der Waals surface area contributed by atoms with E-state index in [1.165, 1.54) is 0 Å². The zero-order valence-electron chi connectivity index (χ0n) is 9.16. The Balaban J connectivity index is 3.34. The van der Waals surface area contributed by atoms with E-state index in [0.717, 1.165) is 5.56 Å². The molecule has 1 rings (SSSR count). The van der Waals surface area contributed by atoms with E-state index in [1.54, 1.807) is 26.1 Å². The molecule has 0 fully saturated rings. The van der Waals surface area contributed by atoms with Gasteiger partial charge in [0.05, 0.1) is 17.4 Å². The standard InChI is InChI=1S/C11H16N2O2/c1-6-4-8(7(2)14)10(12)9(5-6)11(15)13-3/h4-5,7,14H,12H2,1-3H3,(H,13,15). The zero-order chi connectivity index (χ0) is 11.6. The molecule has 0 radical (unpaired) electrons. The molecule has 0 spiro atoms. The highest BCUT2D eigenvalue weighted by atomic mass is 16.3. The quantitative estimate of drug-likeness (QED) is 0.634. The minimum atomic E-state index is -0.673. The fourth-order valence-electron chi connectivity index (χ4n) is 1.49. The van der Waals surface area contributed by atoms with E-state index >= 15 is 0 Å². The summed E-state index contributed by atoms with van der Waals surface area (Å²) >= 11 is 0. The van der Waals surface area contributed by atoms with Gasteiger partial charge in [0.15, 0.2) is 0 Å². The topological polar surface area (TPSA) is 75.3 Å². The first-order valence-corrected chi connectivity index (χ1v) is 4.77. The van der Waals surface area contributed by atoms with Crippen molar-refractivity contribution < 1.29 is 9.90 Å². The van der Waals surface area contributed by atoms with Gasteiger partial charge in [0, 0.05) is 12.6 Å². The third-order valence-corrected chi connectivity index (χ3v) is 2.28. The van der Waals surface area contributed by atoms with Gasteiger partial charge >= 0.3 is 0 Å². The summed E-state index contributed by atoms with van der Waals surface area (Å²) < 4.78 is 0. The Morgan fingerprint density at radius 2 is 2.13 bits per heavy atom. The molecule has 0 aliphatic heterocycles. The number of carbonyl (C=O) groups excluding carboxylic acids is 1. The van der Waals surface area contributed by atoms with Crippen LogP contribution < -0.4 is 11.1 Å². The molecule has 1 unspecified atom stereocenters. The lowest BCUT2D eigenvalue weighted by molar-refractivity contribution is 0.0963. The molecule has 4 heteroatoms. The second kappa shape index (κ2) is 4.31. The number of nitrogen functional groups attached to an aromatic ring is 1. The van der Waals surface area contributed by atoms with Crippen molar-refractivity contribution in [2.45, 2.75) is 20.0 Å². The van der Waals surface area contributed by atoms with Crippen molar-refractivity contribution in [3.05, 3.63) is 28.8 Å². The van der Waals surface area contributed by atoms with E-state index in [2.05, 4.69) is 5.32 Å². The molecule has 15 heavy (non-hydrogen) atoms. The molecular weight excluding hydrogens is 192 g/mol. The maximum Gasteiger partial charge on any atom is 0.253 e. The highest BCUT2D eigenvalue weighted by Gasteiger charge is 2.14. The van der Waals surface area contributed by atoms with Gasteiger partial charge in [-0.1, -0.05) is 6.07 Å². The molecule has 0 aliphatic carbocycles. The summed E-state index contributed by atoms with van der Waals surface area (Å²) in [5.41, 5.74) is 8.05. The minimum Gasteiger partial charge on any atom is -0.398 e. The van der Waals surface area contributed by atoms with Gasteiger partial charge in [0.25, 0.3) is 5.91 Å². The number of hydrogen-bond donors (Lipinski definition) is 3. The van der Waals surface area contributed by atoms with E-state index < -0.39 is 6.10 Å². The van der Waals surface area contributed by atoms with Crippen LogP contribution in [0.3, 0.4) is 0 Å². The first-order valence-electron chi connectivity index (χ1n) is 4.77. The van der Waals surface area contributed by atoms with Crippen LogP contribution in [0.2, 0.25) is 0 Å². The number of amides is 1. The lowest BCUT2D eigenvalue weighted by atomic mass is 10.00. The van der Waals surface area contributed by atoms with E-state index in [1.807, 2.05) is 6.92 Å². The van der Waals surface area contributed by atoms with Gasteiger partial charge in [-0.05, 0) is 25.5 Å². The molecule has 4 nitrogen and oxygen atoms in total. The van der Waals surface area contributed by atoms with Gasteiger partial charge in [-0.3, -0.25) is 4.79 Å². The molecule has 0 heterocycles. The van der Waals surface area contributed by atoms with Crippen molar-refractivity contribution in [1.29, 1.82) is 0 Å². The zero-order valence-corrected chi connectivity index (χ0v) is 9.16. The number of carbonyl (C=O) groups is 1. The van der Waals surface area contributed by atoms with Crippen molar-refractivity contribution >= 4 is 11.6 Å². The average molecular weight is 208 g/mol. The fourth-order valence-corrected chi connectivity index (χ4v) is 1.49. The number of nitrogens with two attached hydrogens (primary N) is 1. The van der Waals surface area contributed by atoms with E-state index in [0.29, 0.717) is 16.8 Å². The van der Waals surface area contributed by atoms with E-state index in [-0.39, 0.29) is 5.91 Å². The van der Waals surface area contributed by atoms with Crippen LogP contribution in [0.15, 0.2) is 12.1 Å². The number of aryl methyl sites for hydroxylation is 1. The number of aliphatic hydroxyl groups excluding tert-OH is 1. The smallest absolute Gasteiger partial charge is 0.253 e. The van der Waals surface area contributed by atoms with Gasteiger partial charge in [-0.2, -0.15) is 0 Å². The van der Waals surface area contributed by atoms with Gasteiger partial charge < -0.3 is 16.2 Å². The number of aliphatic hydroxyl groups is 1. The second-order valence-corrected chi connectivity index (χ2v) is 3.57. The molecular formula is C11H16N2O2. The van der Waals surface area contributed by atoms with Crippen LogP contribution in [0.4, 0.5) is 5.69 Å². The van der Waals surface area contributed by atoms with Gasteiger partial charge in [-0.15, -0.1) is 0 Å². The first-order chi connectivity index (χ1) is 6.97. The largest absolute Gasteiger partial charge is 0.398 e. The highest BCUT2D eigenvalue weighted by Crippen LogP contribution is 2.25. The summed E-state index contributed by atoms with van der Waals surface area (Å²) in [6.07, 6.45) is -0.673. The molecule has 0 aliphatic rings. The summed E-state index contributed by atoms with van der Waals surface area (Å²) in [7, 11) is 1.55. The number of nitrogens with one attached hydrogen (secondary N) is 1. The van der Waals surface area contributed by atoms with Crippen molar-refractivity contribution in [1.82, 2.24) is 5.32 Å². The van der Waals surface area contributed by atoms with Crippen LogP contribution in [0, 0.1) is 6.92 Å². The normalized spacial score (nSPS) is 12.3. The Kier molecular flexibility index (Phi) is 3.31. The van der Waals surface area contributed by atoms with Crippen LogP contribution in [0.5, 0.6) is 0 Å². The molecule has 4 N–H and O–H groups in total. The summed E-state index contributed by atoms with van der Waals surface area (Å²) in [4.78, 5) is 11.5. The maximum absolute atomic E-state index is 11.5. The molecule has 0 bridgehead atoms. The molecule has 82 valence electrons. The van der Waals surface area contributed by atoms with Crippen LogP contribution in [0.1, 0.15) is 34.5 Å². The average Bonchev–Trinajstić information content (AvgIpc) is 2.19. The number of anilines is 1. The van der Waals surface area contributed by atoms with Crippen LogP contribution in [-0.2, 0) is 0 Å². The van der Waals surface area contributed by atoms with Gasteiger partial charge in [0.2, 0.25) is 0 Å². The summed E-state index contributed by atoms with van der Waals surface area (Å²) in [6, 6.07) is 3.49. The molecule has 0 saturated heterocycles. The van der Waals surface area contributed by atoms with Crippen molar-refractivity contribution in [2.75, 3.05) is 12.8 Å². The lowest BCUT2D eigenvalue weighted by Crippen LogP contribution is -2.20. The molecule has 1 aromatic rings. The molecule has 0 saturated carbocycles. The number of hydrogen-bond acceptors (Lipinski definition) is 3. The highest BCUT2D eigenvalue weighted by molar-refractivity contribution is 5.99. The third-order valence-electron chi connectivity index (χ3n) is 2.28. The van der Waals surface area contributed by atoms with Crippen molar-refractivity contribution in [2.24, 2.45) is 0 Å². The minimum absolute atomic E-state index is 0.238. The summed E-state index contributed by atoms with van der Waals surface area (Å²) in [5, 5.41) is 12.0. The van der Waals surface area contributed by atoms with E-state index in [9.17, 15) is 9.90 Å². The number of benzene rings is 1. The van der Waals surface area contributed by atoms with Crippen LogP contribution >= 0.6 is 0 Å². The molecule has 1 aromatic carbocycles. The summed E-state index contributed by atoms with van der Waals surface area (Å²) in [5.74, 6) is -0.238. The van der Waals surface area contributed by atoms with Crippen LogP contribution in [0.25, 0.3) is 0 Å². The van der Waals surface area contributed by atoms with Gasteiger partial charge in [0.1, 0.15) is 0 Å².